The lowest BCUT2D eigenvalue weighted by Gasteiger charge is -2.18. The summed E-state index contributed by atoms with van der Waals surface area (Å²) >= 11 is 1.02. The van der Waals surface area contributed by atoms with Crippen molar-refractivity contribution in [3.05, 3.63) is 35.5 Å². The van der Waals surface area contributed by atoms with Gasteiger partial charge in [0.25, 0.3) is 0 Å². The highest BCUT2D eigenvalue weighted by Gasteiger charge is 2.25. The first-order chi connectivity index (χ1) is 9.43. The predicted octanol–water partition coefficient (Wildman–Crippen LogP) is 2.16. The molecule has 5 heteroatoms. The number of rotatable bonds is 4. The van der Waals surface area contributed by atoms with Crippen molar-refractivity contribution in [1.82, 2.24) is 4.57 Å². The van der Waals surface area contributed by atoms with Crippen LogP contribution in [0, 0.1) is 6.92 Å². The standard InChI is InChI=1S/C15H19NO3S/c1-9-14(15(19)13(18)8-20-10(2)17)11-6-4-5-7-12(11)16(9)3/h4-7,13,15,18-19H,8H2,1-3H3. The molecule has 20 heavy (non-hydrogen) atoms. The van der Waals surface area contributed by atoms with Crippen molar-refractivity contribution in [2.24, 2.45) is 7.05 Å². The fraction of sp³-hybridized carbons (Fsp3) is 0.400. The van der Waals surface area contributed by atoms with Gasteiger partial charge in [0.1, 0.15) is 6.10 Å². The van der Waals surface area contributed by atoms with Crippen LogP contribution >= 0.6 is 11.8 Å². The average Bonchev–Trinajstić information content (AvgIpc) is 2.68. The fourth-order valence-electron chi connectivity index (χ4n) is 2.41. The molecule has 2 unspecified atom stereocenters. The summed E-state index contributed by atoms with van der Waals surface area (Å²) in [4.78, 5) is 11.0. The van der Waals surface area contributed by atoms with Crippen molar-refractivity contribution < 1.29 is 15.0 Å². The highest BCUT2D eigenvalue weighted by atomic mass is 32.2. The lowest BCUT2D eigenvalue weighted by atomic mass is 10.0. The molecule has 2 aromatic rings. The number of aliphatic hydroxyl groups excluding tert-OH is 2. The number of carbonyl (C=O) groups excluding carboxylic acids is 1. The third-order valence-corrected chi connectivity index (χ3v) is 4.48. The summed E-state index contributed by atoms with van der Waals surface area (Å²) in [6, 6.07) is 7.77. The topological polar surface area (TPSA) is 62.5 Å². The number of aromatic nitrogens is 1. The predicted molar refractivity (Wildman–Crippen MR) is 81.8 cm³/mol. The first-order valence-electron chi connectivity index (χ1n) is 6.47. The molecule has 108 valence electrons. The molecule has 0 saturated carbocycles. The Kier molecular flexibility index (Phi) is 4.52. The molecule has 0 spiro atoms. The van der Waals surface area contributed by atoms with Crippen LogP contribution in [0.5, 0.6) is 0 Å². The quantitative estimate of drug-likeness (QED) is 0.907. The van der Waals surface area contributed by atoms with Crippen LogP contribution in [0.2, 0.25) is 0 Å². The minimum absolute atomic E-state index is 0.0640. The van der Waals surface area contributed by atoms with Crippen LogP contribution in [0.15, 0.2) is 24.3 Å². The Labute approximate surface area is 122 Å². The molecule has 4 nitrogen and oxygen atoms in total. The Morgan fingerprint density at radius 3 is 2.65 bits per heavy atom. The first kappa shape index (κ1) is 15.1. The van der Waals surface area contributed by atoms with E-state index in [1.807, 2.05) is 42.8 Å². The van der Waals surface area contributed by atoms with E-state index < -0.39 is 12.2 Å². The molecule has 0 bridgehead atoms. The normalized spacial score (nSPS) is 14.4. The summed E-state index contributed by atoms with van der Waals surface area (Å²) in [6.45, 7) is 3.37. The number of nitrogens with zero attached hydrogens (tertiary/aromatic N) is 1. The molecule has 2 N–H and O–H groups in total. The number of aryl methyl sites for hydroxylation is 1. The summed E-state index contributed by atoms with van der Waals surface area (Å²) < 4.78 is 2.00. The second-order valence-corrected chi connectivity index (χ2v) is 6.09. The maximum absolute atomic E-state index is 11.0. The van der Waals surface area contributed by atoms with Gasteiger partial charge in [-0.2, -0.15) is 0 Å². The Hall–Kier alpha value is -1.30. The van der Waals surface area contributed by atoms with E-state index in [9.17, 15) is 15.0 Å². The van der Waals surface area contributed by atoms with Crippen molar-refractivity contribution in [3.63, 3.8) is 0 Å². The Bertz CT molecular complexity index is 635. The van der Waals surface area contributed by atoms with Crippen molar-refractivity contribution in [2.45, 2.75) is 26.1 Å². The number of hydrogen-bond acceptors (Lipinski definition) is 4. The summed E-state index contributed by atoms with van der Waals surface area (Å²) in [6.07, 6.45) is -1.96. The second-order valence-electron chi connectivity index (χ2n) is 4.89. The lowest BCUT2D eigenvalue weighted by Crippen LogP contribution is -2.22. The zero-order valence-electron chi connectivity index (χ0n) is 11.8. The molecule has 0 aliphatic carbocycles. The van der Waals surface area contributed by atoms with Crippen LogP contribution in [-0.4, -0.2) is 31.8 Å². The molecule has 0 amide bonds. The highest BCUT2D eigenvalue weighted by Crippen LogP contribution is 2.32. The van der Waals surface area contributed by atoms with Gasteiger partial charge in [-0.1, -0.05) is 30.0 Å². The minimum Gasteiger partial charge on any atom is -0.389 e. The number of benzene rings is 1. The van der Waals surface area contributed by atoms with Crippen molar-refractivity contribution in [3.8, 4) is 0 Å². The van der Waals surface area contributed by atoms with Gasteiger partial charge in [0, 0.05) is 41.9 Å². The zero-order valence-corrected chi connectivity index (χ0v) is 12.6. The van der Waals surface area contributed by atoms with E-state index in [0.717, 1.165) is 33.9 Å². The molecule has 0 aliphatic heterocycles. The number of carbonyl (C=O) groups is 1. The molecule has 1 heterocycles. The Morgan fingerprint density at radius 2 is 2.00 bits per heavy atom. The molecule has 0 fully saturated rings. The summed E-state index contributed by atoms with van der Waals surface area (Å²) in [5, 5.41) is 21.4. The van der Waals surface area contributed by atoms with Gasteiger partial charge < -0.3 is 14.8 Å². The van der Waals surface area contributed by atoms with Crippen LogP contribution in [-0.2, 0) is 11.8 Å². The van der Waals surface area contributed by atoms with Gasteiger partial charge in [0.15, 0.2) is 5.12 Å². The van der Waals surface area contributed by atoms with Gasteiger partial charge in [0.2, 0.25) is 0 Å². The molecule has 1 aromatic heterocycles. The number of para-hydroxylation sites is 1. The molecule has 0 radical (unpaired) electrons. The molecule has 0 aliphatic rings. The van der Waals surface area contributed by atoms with Crippen molar-refractivity contribution in [2.75, 3.05) is 5.75 Å². The van der Waals surface area contributed by atoms with E-state index >= 15 is 0 Å². The smallest absolute Gasteiger partial charge is 0.185 e. The van der Waals surface area contributed by atoms with Gasteiger partial charge in [-0.15, -0.1) is 0 Å². The van der Waals surface area contributed by atoms with E-state index in [1.54, 1.807) is 0 Å². The minimum atomic E-state index is -0.993. The van der Waals surface area contributed by atoms with Gasteiger partial charge in [-0.3, -0.25) is 4.79 Å². The largest absolute Gasteiger partial charge is 0.389 e. The van der Waals surface area contributed by atoms with Crippen LogP contribution in [0.25, 0.3) is 10.9 Å². The zero-order chi connectivity index (χ0) is 14.9. The van der Waals surface area contributed by atoms with Crippen molar-refractivity contribution >= 4 is 27.8 Å². The van der Waals surface area contributed by atoms with Crippen molar-refractivity contribution in [1.29, 1.82) is 0 Å². The van der Waals surface area contributed by atoms with E-state index in [4.69, 9.17) is 0 Å². The second kappa shape index (κ2) is 5.99. The lowest BCUT2D eigenvalue weighted by molar-refractivity contribution is -0.109. The summed E-state index contributed by atoms with van der Waals surface area (Å²) in [5.41, 5.74) is 2.68. The van der Waals surface area contributed by atoms with Crippen LogP contribution < -0.4 is 0 Å². The molecular weight excluding hydrogens is 274 g/mol. The van der Waals surface area contributed by atoms with Gasteiger partial charge in [-0.05, 0) is 13.0 Å². The first-order valence-corrected chi connectivity index (χ1v) is 7.45. The highest BCUT2D eigenvalue weighted by molar-refractivity contribution is 8.13. The number of fused-ring (bicyclic) bond motifs is 1. The number of thioether (sulfide) groups is 1. The summed E-state index contributed by atoms with van der Waals surface area (Å²) in [5.74, 6) is 0.194. The fourth-order valence-corrected chi connectivity index (χ4v) is 3.00. The molecule has 2 rings (SSSR count). The van der Waals surface area contributed by atoms with E-state index in [0.29, 0.717) is 0 Å². The molecular formula is C15H19NO3S. The number of hydrogen-bond donors (Lipinski definition) is 2. The third kappa shape index (κ3) is 2.75. The summed E-state index contributed by atoms with van der Waals surface area (Å²) in [7, 11) is 1.94. The monoisotopic (exact) mass is 293 g/mol. The van der Waals surface area contributed by atoms with Crippen LogP contribution in [0.3, 0.4) is 0 Å². The molecule has 1 aromatic carbocycles. The van der Waals surface area contributed by atoms with E-state index in [-0.39, 0.29) is 10.9 Å². The van der Waals surface area contributed by atoms with Gasteiger partial charge >= 0.3 is 0 Å². The average molecular weight is 293 g/mol. The van der Waals surface area contributed by atoms with Crippen LogP contribution in [0.4, 0.5) is 0 Å². The third-order valence-electron chi connectivity index (χ3n) is 3.57. The van der Waals surface area contributed by atoms with Crippen LogP contribution in [0.1, 0.15) is 24.3 Å². The maximum Gasteiger partial charge on any atom is 0.185 e. The Morgan fingerprint density at radius 1 is 1.35 bits per heavy atom. The molecule has 2 atom stereocenters. The maximum atomic E-state index is 11.0. The van der Waals surface area contributed by atoms with E-state index in [2.05, 4.69) is 0 Å². The SMILES string of the molecule is CC(=O)SCC(O)C(O)c1c(C)n(C)c2ccccc12. The van der Waals surface area contributed by atoms with E-state index in [1.165, 1.54) is 6.92 Å². The Balaban J connectivity index is 2.37. The number of aliphatic hydroxyl groups is 2. The molecule has 0 saturated heterocycles. The van der Waals surface area contributed by atoms with Gasteiger partial charge in [0.05, 0.1) is 6.10 Å². The van der Waals surface area contributed by atoms with Gasteiger partial charge in [-0.25, -0.2) is 0 Å².